The number of aromatic carboxylic acids is 1. The first-order chi connectivity index (χ1) is 15.2. The average molecular weight is 442 g/mol. The van der Waals surface area contributed by atoms with Crippen molar-refractivity contribution < 1.29 is 33.7 Å². The summed E-state index contributed by atoms with van der Waals surface area (Å²) < 4.78 is 16.2. The minimum absolute atomic E-state index is 0.0354. The number of carboxylic acids is 1. The standard InChI is InChI=1S/C23H26N2O7/c1-23(2)22(29)25(16-7-6-15(21(27)28)12-18(16)32-23)13-20(26)24-10-9-14-5-8-17(30-3)19(11-14)31-4/h5-8,11-12H,9-10,13H2,1-4H3,(H,24,26)(H,27,28). The van der Waals surface area contributed by atoms with Crippen molar-refractivity contribution in [3.05, 3.63) is 47.5 Å². The number of ether oxygens (including phenoxy) is 3. The van der Waals surface area contributed by atoms with Crippen LogP contribution in [-0.2, 0) is 16.0 Å². The minimum atomic E-state index is -1.23. The van der Waals surface area contributed by atoms with Gasteiger partial charge in [-0.2, -0.15) is 0 Å². The number of carbonyl (C=O) groups excluding carboxylic acids is 2. The molecule has 1 heterocycles. The Bertz CT molecular complexity index is 1050. The molecular formula is C23H26N2O7. The second kappa shape index (κ2) is 9.17. The summed E-state index contributed by atoms with van der Waals surface area (Å²) in [6, 6.07) is 9.73. The van der Waals surface area contributed by atoms with E-state index in [0.29, 0.717) is 30.2 Å². The number of hydrogen-bond acceptors (Lipinski definition) is 6. The molecule has 9 nitrogen and oxygen atoms in total. The number of amides is 2. The number of nitrogens with zero attached hydrogens (tertiary/aromatic N) is 1. The van der Waals surface area contributed by atoms with Gasteiger partial charge in [0.2, 0.25) is 5.91 Å². The van der Waals surface area contributed by atoms with Gasteiger partial charge in [-0.25, -0.2) is 4.79 Å². The largest absolute Gasteiger partial charge is 0.493 e. The van der Waals surface area contributed by atoms with Gasteiger partial charge in [-0.1, -0.05) is 6.07 Å². The van der Waals surface area contributed by atoms with Gasteiger partial charge in [0, 0.05) is 6.54 Å². The Balaban J connectivity index is 1.68. The van der Waals surface area contributed by atoms with Crippen molar-refractivity contribution in [2.24, 2.45) is 0 Å². The molecule has 0 bridgehead atoms. The summed E-state index contributed by atoms with van der Waals surface area (Å²) in [6.07, 6.45) is 0.563. The van der Waals surface area contributed by atoms with Crippen molar-refractivity contribution in [2.45, 2.75) is 25.9 Å². The zero-order valence-corrected chi connectivity index (χ0v) is 18.4. The summed E-state index contributed by atoms with van der Waals surface area (Å²) in [7, 11) is 3.12. The number of benzene rings is 2. The molecule has 0 unspecified atom stereocenters. The molecule has 0 atom stereocenters. The van der Waals surface area contributed by atoms with Crippen molar-refractivity contribution >= 4 is 23.5 Å². The lowest BCUT2D eigenvalue weighted by molar-refractivity contribution is -0.134. The molecule has 2 aromatic rings. The molecule has 0 aliphatic carbocycles. The number of carboxylic acid groups (broad SMARTS) is 1. The highest BCUT2D eigenvalue weighted by Gasteiger charge is 2.41. The van der Waals surface area contributed by atoms with Crippen LogP contribution in [0.3, 0.4) is 0 Å². The van der Waals surface area contributed by atoms with Gasteiger partial charge in [0.15, 0.2) is 17.1 Å². The lowest BCUT2D eigenvalue weighted by Gasteiger charge is -2.38. The summed E-state index contributed by atoms with van der Waals surface area (Å²) in [5.74, 6) is -0.362. The van der Waals surface area contributed by atoms with Gasteiger partial charge in [-0.15, -0.1) is 0 Å². The molecule has 2 amide bonds. The van der Waals surface area contributed by atoms with Crippen LogP contribution in [0.5, 0.6) is 17.2 Å². The molecule has 0 saturated heterocycles. The molecule has 0 saturated carbocycles. The van der Waals surface area contributed by atoms with E-state index in [9.17, 15) is 19.5 Å². The fraction of sp³-hybridized carbons (Fsp3) is 0.348. The molecule has 9 heteroatoms. The number of hydrogen-bond donors (Lipinski definition) is 2. The maximum atomic E-state index is 12.9. The quantitative estimate of drug-likeness (QED) is 0.645. The second-order valence-electron chi connectivity index (χ2n) is 7.78. The van der Waals surface area contributed by atoms with E-state index < -0.39 is 11.6 Å². The first kappa shape index (κ1) is 22.9. The Morgan fingerprint density at radius 3 is 2.47 bits per heavy atom. The average Bonchev–Trinajstić information content (AvgIpc) is 2.76. The first-order valence-electron chi connectivity index (χ1n) is 10.0. The predicted octanol–water partition coefficient (Wildman–Crippen LogP) is 2.26. The molecular weight excluding hydrogens is 416 g/mol. The number of rotatable bonds is 8. The van der Waals surface area contributed by atoms with E-state index in [1.165, 1.54) is 23.1 Å². The fourth-order valence-corrected chi connectivity index (χ4v) is 3.44. The Labute approximate surface area is 185 Å². The van der Waals surface area contributed by atoms with Gasteiger partial charge in [0.25, 0.3) is 5.91 Å². The smallest absolute Gasteiger partial charge is 0.335 e. The maximum Gasteiger partial charge on any atom is 0.335 e. The van der Waals surface area contributed by atoms with E-state index in [1.807, 2.05) is 12.1 Å². The number of anilines is 1. The lowest BCUT2D eigenvalue weighted by Crippen LogP contribution is -2.55. The molecule has 2 aromatic carbocycles. The monoisotopic (exact) mass is 442 g/mol. The molecule has 0 aromatic heterocycles. The molecule has 3 rings (SSSR count). The Kier molecular flexibility index (Phi) is 6.57. The van der Waals surface area contributed by atoms with Crippen LogP contribution in [-0.4, -0.2) is 55.8 Å². The van der Waals surface area contributed by atoms with E-state index in [2.05, 4.69) is 5.32 Å². The van der Waals surface area contributed by atoms with Crippen molar-refractivity contribution in [2.75, 3.05) is 32.2 Å². The topological polar surface area (TPSA) is 114 Å². The second-order valence-corrected chi connectivity index (χ2v) is 7.78. The molecule has 0 fully saturated rings. The Hall–Kier alpha value is -3.75. The molecule has 0 radical (unpaired) electrons. The van der Waals surface area contributed by atoms with Gasteiger partial charge in [0.1, 0.15) is 12.3 Å². The van der Waals surface area contributed by atoms with E-state index in [0.717, 1.165) is 5.56 Å². The number of fused-ring (bicyclic) bond motifs is 1. The van der Waals surface area contributed by atoms with Crippen molar-refractivity contribution in [3.8, 4) is 17.2 Å². The zero-order valence-electron chi connectivity index (χ0n) is 18.4. The summed E-state index contributed by atoms with van der Waals surface area (Å²) >= 11 is 0. The van der Waals surface area contributed by atoms with Gasteiger partial charge in [-0.05, 0) is 56.2 Å². The van der Waals surface area contributed by atoms with Crippen molar-refractivity contribution in [1.29, 1.82) is 0 Å². The molecule has 2 N–H and O–H groups in total. The van der Waals surface area contributed by atoms with E-state index in [4.69, 9.17) is 14.2 Å². The number of carbonyl (C=O) groups is 3. The Morgan fingerprint density at radius 2 is 1.81 bits per heavy atom. The highest BCUT2D eigenvalue weighted by molar-refractivity contribution is 6.06. The molecule has 170 valence electrons. The van der Waals surface area contributed by atoms with Gasteiger partial charge < -0.3 is 24.6 Å². The van der Waals surface area contributed by atoms with Crippen LogP contribution in [0.4, 0.5) is 5.69 Å². The Morgan fingerprint density at radius 1 is 1.09 bits per heavy atom. The third-order valence-corrected chi connectivity index (χ3v) is 5.11. The molecule has 32 heavy (non-hydrogen) atoms. The predicted molar refractivity (Wildman–Crippen MR) is 117 cm³/mol. The third-order valence-electron chi connectivity index (χ3n) is 5.11. The van der Waals surface area contributed by atoms with Crippen molar-refractivity contribution in [3.63, 3.8) is 0 Å². The summed E-state index contributed by atoms with van der Waals surface area (Å²) in [5.41, 5.74) is 0.116. The van der Waals surface area contributed by atoms with Crippen LogP contribution in [0.15, 0.2) is 36.4 Å². The normalized spacial score (nSPS) is 14.2. The zero-order chi connectivity index (χ0) is 23.5. The minimum Gasteiger partial charge on any atom is -0.493 e. The molecule has 1 aliphatic rings. The van der Waals surface area contributed by atoms with E-state index in [1.54, 1.807) is 34.1 Å². The molecule has 0 spiro atoms. The first-order valence-corrected chi connectivity index (χ1v) is 10.0. The van der Waals surface area contributed by atoms with Crippen LogP contribution in [0.25, 0.3) is 0 Å². The fourth-order valence-electron chi connectivity index (χ4n) is 3.44. The van der Waals surface area contributed by atoms with Crippen molar-refractivity contribution in [1.82, 2.24) is 5.32 Å². The van der Waals surface area contributed by atoms with Gasteiger partial charge in [0.05, 0.1) is 25.5 Å². The summed E-state index contributed by atoms with van der Waals surface area (Å²) in [6.45, 7) is 3.30. The lowest BCUT2D eigenvalue weighted by atomic mass is 10.0. The summed E-state index contributed by atoms with van der Waals surface area (Å²) in [4.78, 5) is 38.0. The summed E-state index contributed by atoms with van der Waals surface area (Å²) in [5, 5.41) is 12.0. The number of methoxy groups -OCH3 is 2. The SMILES string of the molecule is COc1ccc(CCNC(=O)CN2C(=O)C(C)(C)Oc3cc(C(=O)O)ccc32)cc1OC. The van der Waals surface area contributed by atoms with E-state index in [-0.39, 0.29) is 29.7 Å². The van der Waals surface area contributed by atoms with Gasteiger partial charge in [-0.3, -0.25) is 14.5 Å². The third kappa shape index (κ3) is 4.77. The highest BCUT2D eigenvalue weighted by atomic mass is 16.5. The van der Waals surface area contributed by atoms with Crippen LogP contribution in [0.2, 0.25) is 0 Å². The van der Waals surface area contributed by atoms with Crippen LogP contribution < -0.4 is 24.4 Å². The van der Waals surface area contributed by atoms with E-state index >= 15 is 0 Å². The van der Waals surface area contributed by atoms with Crippen LogP contribution in [0.1, 0.15) is 29.8 Å². The highest BCUT2D eigenvalue weighted by Crippen LogP contribution is 2.38. The van der Waals surface area contributed by atoms with Gasteiger partial charge >= 0.3 is 5.97 Å². The van der Waals surface area contributed by atoms with Crippen LogP contribution >= 0.6 is 0 Å². The molecule has 1 aliphatic heterocycles. The number of nitrogens with one attached hydrogen (secondary N) is 1. The van der Waals surface area contributed by atoms with Crippen LogP contribution in [0, 0.1) is 0 Å². The maximum absolute atomic E-state index is 12.9.